The lowest BCUT2D eigenvalue weighted by molar-refractivity contribution is 0.0690. The minimum atomic E-state index is -0.984. The largest absolute Gasteiger partial charge is 0.476 e. The highest BCUT2D eigenvalue weighted by atomic mass is 32.1. The number of benzene rings is 3. The summed E-state index contributed by atoms with van der Waals surface area (Å²) in [5.74, 6) is -0.984. The Hall–Kier alpha value is -3.44. The summed E-state index contributed by atoms with van der Waals surface area (Å²) < 4.78 is 1.75. The molecule has 5 rings (SSSR count). The number of nitrogens with zero attached hydrogens (tertiary/aromatic N) is 2. The van der Waals surface area contributed by atoms with E-state index in [9.17, 15) is 9.90 Å². The van der Waals surface area contributed by atoms with Crippen molar-refractivity contribution in [1.29, 1.82) is 0 Å². The summed E-state index contributed by atoms with van der Waals surface area (Å²) in [5, 5.41) is 14.2. The molecule has 27 heavy (non-hydrogen) atoms. The van der Waals surface area contributed by atoms with E-state index in [4.69, 9.17) is 0 Å². The summed E-state index contributed by atoms with van der Waals surface area (Å²) in [4.78, 5) is 17.4. The Morgan fingerprint density at radius 1 is 0.889 bits per heavy atom. The molecule has 0 aliphatic rings. The molecular weight excluding hydrogens is 356 g/mol. The molecule has 2 heterocycles. The third-order valence-corrected chi connectivity index (χ3v) is 5.48. The maximum absolute atomic E-state index is 12.1. The van der Waals surface area contributed by atoms with Gasteiger partial charge in [0.15, 0.2) is 10.7 Å². The monoisotopic (exact) mass is 370 g/mol. The molecule has 0 atom stereocenters. The van der Waals surface area contributed by atoms with Crippen molar-refractivity contribution >= 4 is 33.0 Å². The predicted molar refractivity (Wildman–Crippen MR) is 108 cm³/mol. The van der Waals surface area contributed by atoms with Crippen LogP contribution in [0.5, 0.6) is 0 Å². The van der Waals surface area contributed by atoms with Crippen LogP contribution in [0.15, 0.2) is 78.2 Å². The fourth-order valence-corrected chi connectivity index (χ4v) is 4.30. The molecule has 0 amide bonds. The summed E-state index contributed by atoms with van der Waals surface area (Å²) in [5.41, 5.74) is 3.31. The van der Waals surface area contributed by atoms with E-state index in [0.717, 1.165) is 27.6 Å². The quantitative estimate of drug-likeness (QED) is 0.451. The lowest BCUT2D eigenvalue weighted by Crippen LogP contribution is -2.04. The molecule has 3 aromatic carbocycles. The topological polar surface area (TPSA) is 54.6 Å². The van der Waals surface area contributed by atoms with Gasteiger partial charge in [-0.05, 0) is 16.8 Å². The van der Waals surface area contributed by atoms with Crippen molar-refractivity contribution in [3.05, 3.63) is 83.9 Å². The van der Waals surface area contributed by atoms with Gasteiger partial charge in [0.1, 0.15) is 5.69 Å². The first-order valence-corrected chi connectivity index (χ1v) is 9.38. The Morgan fingerprint density at radius 2 is 1.63 bits per heavy atom. The second kappa shape index (κ2) is 6.07. The fraction of sp³-hybridized carbons (Fsp3) is 0. The number of carbonyl (C=O) groups is 1. The van der Waals surface area contributed by atoms with Crippen LogP contribution >= 0.6 is 11.3 Å². The highest BCUT2D eigenvalue weighted by molar-refractivity contribution is 7.15. The van der Waals surface area contributed by atoms with Crippen molar-refractivity contribution in [2.45, 2.75) is 0 Å². The molecule has 5 heteroatoms. The Kier molecular flexibility index (Phi) is 3.55. The first-order chi connectivity index (χ1) is 13.2. The summed E-state index contributed by atoms with van der Waals surface area (Å²) in [6.07, 6.45) is 0. The van der Waals surface area contributed by atoms with E-state index in [-0.39, 0.29) is 5.69 Å². The van der Waals surface area contributed by atoms with Gasteiger partial charge in [0.25, 0.3) is 0 Å². The molecule has 130 valence electrons. The molecule has 1 N–H and O–H groups in total. The molecule has 0 bridgehead atoms. The van der Waals surface area contributed by atoms with Gasteiger partial charge in [0.2, 0.25) is 0 Å². The van der Waals surface area contributed by atoms with Crippen LogP contribution < -0.4 is 0 Å². The second-order valence-corrected chi connectivity index (χ2v) is 7.12. The molecular formula is C22H14N2O2S. The predicted octanol–water partition coefficient (Wildman–Crippen LogP) is 5.58. The molecule has 0 fully saturated rings. The number of rotatable bonds is 3. The number of hydrogen-bond donors (Lipinski definition) is 1. The van der Waals surface area contributed by atoms with E-state index in [2.05, 4.69) is 29.2 Å². The lowest BCUT2D eigenvalue weighted by atomic mass is 10.1. The second-order valence-electron chi connectivity index (χ2n) is 6.28. The summed E-state index contributed by atoms with van der Waals surface area (Å²) >= 11 is 1.45. The van der Waals surface area contributed by atoms with Gasteiger partial charge < -0.3 is 5.11 Å². The standard InChI is InChI=1S/C22H14N2O2S/c25-21(26)20-19(15-7-2-1-3-8-15)23-22-24(20)18(13-27-22)17-11-10-14-6-4-5-9-16(14)12-17/h1-13H,(H,25,26). The van der Waals surface area contributed by atoms with Crippen LogP contribution in [-0.4, -0.2) is 20.5 Å². The lowest BCUT2D eigenvalue weighted by Gasteiger charge is -2.05. The Balaban J connectivity index is 1.78. The first kappa shape index (κ1) is 15.8. The molecule has 0 unspecified atom stereocenters. The fourth-order valence-electron chi connectivity index (χ4n) is 3.40. The van der Waals surface area contributed by atoms with Crippen molar-refractivity contribution < 1.29 is 9.90 Å². The average molecular weight is 370 g/mol. The maximum atomic E-state index is 12.1. The Labute approximate surface area is 159 Å². The van der Waals surface area contributed by atoms with Gasteiger partial charge in [-0.2, -0.15) is 0 Å². The van der Waals surface area contributed by atoms with E-state index in [1.165, 1.54) is 11.3 Å². The van der Waals surface area contributed by atoms with Crippen LogP contribution in [0.4, 0.5) is 0 Å². The zero-order valence-corrected chi connectivity index (χ0v) is 15.0. The average Bonchev–Trinajstić information content (AvgIpc) is 3.27. The van der Waals surface area contributed by atoms with E-state index < -0.39 is 5.97 Å². The molecule has 0 saturated heterocycles. The third-order valence-electron chi connectivity index (χ3n) is 4.66. The van der Waals surface area contributed by atoms with Gasteiger partial charge in [0, 0.05) is 16.5 Å². The SMILES string of the molecule is O=C(O)c1c(-c2ccccc2)nc2scc(-c3ccc4ccccc4c3)n12. The number of thiazole rings is 1. The van der Waals surface area contributed by atoms with E-state index in [1.54, 1.807) is 4.40 Å². The molecule has 0 spiro atoms. The van der Waals surface area contributed by atoms with Gasteiger partial charge >= 0.3 is 5.97 Å². The van der Waals surface area contributed by atoms with E-state index >= 15 is 0 Å². The highest BCUT2D eigenvalue weighted by Crippen LogP contribution is 2.34. The number of aromatic carboxylic acids is 1. The Bertz CT molecular complexity index is 1300. The van der Waals surface area contributed by atoms with Crippen LogP contribution in [0.2, 0.25) is 0 Å². The molecule has 0 saturated carbocycles. The molecule has 0 aliphatic carbocycles. The number of fused-ring (bicyclic) bond motifs is 2. The highest BCUT2D eigenvalue weighted by Gasteiger charge is 2.23. The van der Waals surface area contributed by atoms with Crippen molar-refractivity contribution in [2.75, 3.05) is 0 Å². The van der Waals surface area contributed by atoms with Gasteiger partial charge in [-0.25, -0.2) is 9.78 Å². The number of carboxylic acid groups (broad SMARTS) is 1. The number of carboxylic acids is 1. The number of imidazole rings is 1. The van der Waals surface area contributed by atoms with Gasteiger partial charge in [0.05, 0.1) is 5.69 Å². The van der Waals surface area contributed by atoms with Crippen LogP contribution in [0, 0.1) is 0 Å². The van der Waals surface area contributed by atoms with Crippen molar-refractivity contribution in [3.63, 3.8) is 0 Å². The van der Waals surface area contributed by atoms with Crippen LogP contribution in [0.3, 0.4) is 0 Å². The Morgan fingerprint density at radius 3 is 2.41 bits per heavy atom. The smallest absolute Gasteiger partial charge is 0.355 e. The number of hydrogen-bond acceptors (Lipinski definition) is 3. The zero-order chi connectivity index (χ0) is 18.4. The van der Waals surface area contributed by atoms with Gasteiger partial charge in [-0.15, -0.1) is 11.3 Å². The van der Waals surface area contributed by atoms with Crippen LogP contribution in [0.1, 0.15) is 10.5 Å². The molecule has 2 aromatic heterocycles. The number of aromatic nitrogens is 2. The molecule has 5 aromatic rings. The van der Waals surface area contributed by atoms with E-state index in [0.29, 0.717) is 10.7 Å². The van der Waals surface area contributed by atoms with Crippen LogP contribution in [0.25, 0.3) is 38.2 Å². The third kappa shape index (κ3) is 2.52. The normalized spacial score (nSPS) is 11.3. The molecule has 4 nitrogen and oxygen atoms in total. The summed E-state index contributed by atoms with van der Waals surface area (Å²) in [7, 11) is 0. The molecule has 0 radical (unpaired) electrons. The minimum Gasteiger partial charge on any atom is -0.476 e. The summed E-state index contributed by atoms with van der Waals surface area (Å²) in [6.45, 7) is 0. The first-order valence-electron chi connectivity index (χ1n) is 8.50. The molecule has 0 aliphatic heterocycles. The zero-order valence-electron chi connectivity index (χ0n) is 14.2. The van der Waals surface area contributed by atoms with Crippen molar-refractivity contribution in [2.24, 2.45) is 0 Å². The van der Waals surface area contributed by atoms with E-state index in [1.807, 2.05) is 53.9 Å². The van der Waals surface area contributed by atoms with Gasteiger partial charge in [-0.1, -0.05) is 66.7 Å². The maximum Gasteiger partial charge on any atom is 0.355 e. The van der Waals surface area contributed by atoms with Gasteiger partial charge in [-0.3, -0.25) is 4.40 Å². The summed E-state index contributed by atoms with van der Waals surface area (Å²) in [6, 6.07) is 23.8. The minimum absolute atomic E-state index is 0.195. The van der Waals surface area contributed by atoms with Crippen molar-refractivity contribution in [1.82, 2.24) is 9.38 Å². The van der Waals surface area contributed by atoms with Crippen LogP contribution in [-0.2, 0) is 0 Å². The van der Waals surface area contributed by atoms with Crippen molar-refractivity contribution in [3.8, 4) is 22.5 Å².